The van der Waals surface area contributed by atoms with Crippen LogP contribution in [0.15, 0.2) is 0 Å². The molecule has 3 heteroatoms. The molecule has 67 valence electrons. The van der Waals surface area contributed by atoms with Gasteiger partial charge in [-0.3, -0.25) is 4.79 Å². The van der Waals surface area contributed by atoms with Crippen molar-refractivity contribution in [1.29, 1.82) is 0 Å². The van der Waals surface area contributed by atoms with Crippen molar-refractivity contribution in [3.8, 4) is 0 Å². The van der Waals surface area contributed by atoms with Crippen LogP contribution < -0.4 is 0 Å². The second-order valence-corrected chi connectivity index (χ2v) is 3.42. The van der Waals surface area contributed by atoms with Gasteiger partial charge < -0.3 is 9.64 Å². The third kappa shape index (κ3) is 1.46. The average molecular weight is 168 g/mol. The maximum Gasteiger partial charge on any atom is 0.228 e. The van der Waals surface area contributed by atoms with Gasteiger partial charge in [-0.25, -0.2) is 0 Å². The van der Waals surface area contributed by atoms with E-state index in [0.29, 0.717) is 12.5 Å². The van der Waals surface area contributed by atoms with Crippen molar-refractivity contribution in [3.05, 3.63) is 6.42 Å². The monoisotopic (exact) mass is 168 g/mol. The molecule has 1 atom stereocenters. The molecule has 0 aromatic rings. The van der Waals surface area contributed by atoms with Gasteiger partial charge in [0.05, 0.1) is 12.5 Å². The molecule has 0 aromatic carbocycles. The maximum atomic E-state index is 11.7. The van der Waals surface area contributed by atoms with Crippen LogP contribution in [0.4, 0.5) is 0 Å². The molecular formula is C9H14NO2. The van der Waals surface area contributed by atoms with Crippen molar-refractivity contribution < 1.29 is 9.53 Å². The fraction of sp³-hybridized carbons (Fsp3) is 0.778. The number of hydrogen-bond acceptors (Lipinski definition) is 2. The number of ether oxygens (including phenoxy) is 1. The molecule has 1 radical (unpaired) electrons. The zero-order chi connectivity index (χ0) is 8.39. The topological polar surface area (TPSA) is 29.5 Å². The van der Waals surface area contributed by atoms with Gasteiger partial charge in [0.1, 0.15) is 0 Å². The van der Waals surface area contributed by atoms with Crippen LogP contribution in [0.25, 0.3) is 0 Å². The minimum absolute atomic E-state index is 0.150. The van der Waals surface area contributed by atoms with E-state index in [0.717, 1.165) is 32.5 Å². The normalized spacial score (nSPS) is 29.7. The van der Waals surface area contributed by atoms with Gasteiger partial charge in [0.2, 0.25) is 5.91 Å². The van der Waals surface area contributed by atoms with Gasteiger partial charge in [0.25, 0.3) is 0 Å². The lowest BCUT2D eigenvalue weighted by molar-refractivity contribution is -0.134. The Balaban J connectivity index is 1.89. The van der Waals surface area contributed by atoms with Crippen LogP contribution in [0.3, 0.4) is 0 Å². The van der Waals surface area contributed by atoms with Crippen LogP contribution in [-0.4, -0.2) is 37.1 Å². The molecule has 2 aliphatic rings. The van der Waals surface area contributed by atoms with Crippen LogP contribution in [0.1, 0.15) is 12.8 Å². The average Bonchev–Trinajstić information content (AvgIpc) is 2.77. The first-order valence-electron chi connectivity index (χ1n) is 4.56. The van der Waals surface area contributed by atoms with Gasteiger partial charge in [-0.15, -0.1) is 0 Å². The molecule has 12 heavy (non-hydrogen) atoms. The van der Waals surface area contributed by atoms with Crippen molar-refractivity contribution in [2.24, 2.45) is 5.92 Å². The zero-order valence-electron chi connectivity index (χ0n) is 7.16. The molecule has 1 amide bonds. The summed E-state index contributed by atoms with van der Waals surface area (Å²) in [6.07, 6.45) is 4.13. The zero-order valence-corrected chi connectivity index (χ0v) is 7.16. The Kier molecular flexibility index (Phi) is 2.30. The minimum Gasteiger partial charge on any atom is -0.381 e. The summed E-state index contributed by atoms with van der Waals surface area (Å²) >= 11 is 0. The third-order valence-corrected chi connectivity index (χ3v) is 2.54. The number of nitrogens with zero attached hydrogens (tertiary/aromatic N) is 1. The Bertz CT molecular complexity index is 151. The second kappa shape index (κ2) is 3.44. The molecule has 2 fully saturated rings. The quantitative estimate of drug-likeness (QED) is 0.569. The predicted molar refractivity (Wildman–Crippen MR) is 44.4 cm³/mol. The second-order valence-electron chi connectivity index (χ2n) is 3.42. The number of likely N-dealkylation sites (tertiary alicyclic amines) is 1. The lowest BCUT2D eigenvalue weighted by atomic mass is 10.1. The summed E-state index contributed by atoms with van der Waals surface area (Å²) in [5.41, 5.74) is 0. The molecule has 2 aliphatic heterocycles. The summed E-state index contributed by atoms with van der Waals surface area (Å²) in [4.78, 5) is 13.6. The third-order valence-electron chi connectivity index (χ3n) is 2.54. The van der Waals surface area contributed by atoms with E-state index in [9.17, 15) is 4.79 Å². The summed E-state index contributed by atoms with van der Waals surface area (Å²) in [6, 6.07) is 0. The van der Waals surface area contributed by atoms with Gasteiger partial charge in [-0.05, 0) is 19.3 Å². The number of carbonyl (C=O) groups is 1. The molecule has 2 saturated heterocycles. The summed E-state index contributed by atoms with van der Waals surface area (Å²) in [7, 11) is 0. The highest BCUT2D eigenvalue weighted by Crippen LogP contribution is 2.18. The van der Waals surface area contributed by atoms with Crippen LogP contribution in [0, 0.1) is 12.3 Å². The lowest BCUT2D eigenvalue weighted by Gasteiger charge is -2.18. The van der Waals surface area contributed by atoms with Crippen LogP contribution in [0.5, 0.6) is 0 Å². The lowest BCUT2D eigenvalue weighted by Crippen LogP contribution is -2.33. The van der Waals surface area contributed by atoms with Gasteiger partial charge in [0, 0.05) is 19.7 Å². The summed E-state index contributed by atoms with van der Waals surface area (Å²) < 4.78 is 5.18. The number of amides is 1. The molecular weight excluding hydrogens is 154 g/mol. The van der Waals surface area contributed by atoms with Crippen molar-refractivity contribution in [2.75, 3.05) is 26.3 Å². The van der Waals surface area contributed by atoms with E-state index in [1.165, 1.54) is 0 Å². The number of hydrogen-bond donors (Lipinski definition) is 0. The molecule has 0 aromatic heterocycles. The highest BCUT2D eigenvalue weighted by atomic mass is 16.5. The molecule has 0 saturated carbocycles. The Morgan fingerprint density at radius 3 is 3.08 bits per heavy atom. The summed E-state index contributed by atoms with van der Waals surface area (Å²) in [5.74, 6) is 0.442. The Hall–Kier alpha value is -0.570. The highest BCUT2D eigenvalue weighted by Gasteiger charge is 2.29. The molecule has 1 unspecified atom stereocenters. The Morgan fingerprint density at radius 2 is 2.50 bits per heavy atom. The molecule has 0 bridgehead atoms. The van der Waals surface area contributed by atoms with Crippen molar-refractivity contribution in [1.82, 2.24) is 4.90 Å². The predicted octanol–water partition coefficient (Wildman–Crippen LogP) is 0.459. The van der Waals surface area contributed by atoms with Crippen LogP contribution >= 0.6 is 0 Å². The fourth-order valence-corrected chi connectivity index (χ4v) is 1.77. The first-order chi connectivity index (χ1) is 5.88. The largest absolute Gasteiger partial charge is 0.381 e. The van der Waals surface area contributed by atoms with E-state index in [-0.39, 0.29) is 5.92 Å². The van der Waals surface area contributed by atoms with E-state index in [1.807, 2.05) is 4.90 Å². The molecule has 0 aliphatic carbocycles. The molecule has 2 heterocycles. The summed E-state index contributed by atoms with van der Waals surface area (Å²) in [5, 5.41) is 0. The van der Waals surface area contributed by atoms with E-state index in [1.54, 1.807) is 0 Å². The van der Waals surface area contributed by atoms with Crippen LogP contribution in [-0.2, 0) is 9.53 Å². The molecule has 0 spiro atoms. The minimum atomic E-state index is 0.150. The van der Waals surface area contributed by atoms with E-state index in [4.69, 9.17) is 4.74 Å². The van der Waals surface area contributed by atoms with Gasteiger partial charge in [0.15, 0.2) is 0 Å². The first-order valence-corrected chi connectivity index (χ1v) is 4.56. The van der Waals surface area contributed by atoms with Gasteiger partial charge in [-0.2, -0.15) is 0 Å². The highest BCUT2D eigenvalue weighted by molar-refractivity contribution is 5.79. The molecule has 0 N–H and O–H groups in total. The Morgan fingerprint density at radius 1 is 1.58 bits per heavy atom. The SMILES string of the molecule is O=C(C1CCOC1)N1C[CH]CC1. The van der Waals surface area contributed by atoms with Crippen molar-refractivity contribution in [3.63, 3.8) is 0 Å². The van der Waals surface area contributed by atoms with Crippen molar-refractivity contribution >= 4 is 5.91 Å². The Labute approximate surface area is 72.7 Å². The summed E-state index contributed by atoms with van der Waals surface area (Å²) in [6.45, 7) is 3.15. The van der Waals surface area contributed by atoms with E-state index < -0.39 is 0 Å². The van der Waals surface area contributed by atoms with Crippen LogP contribution in [0.2, 0.25) is 0 Å². The maximum absolute atomic E-state index is 11.7. The fourth-order valence-electron chi connectivity index (χ4n) is 1.77. The first kappa shape index (κ1) is 8.05. The van der Waals surface area contributed by atoms with Crippen molar-refractivity contribution in [2.45, 2.75) is 12.8 Å². The number of carbonyl (C=O) groups excluding carboxylic acids is 1. The van der Waals surface area contributed by atoms with E-state index >= 15 is 0 Å². The molecule has 3 nitrogen and oxygen atoms in total. The smallest absolute Gasteiger partial charge is 0.228 e. The molecule has 2 rings (SSSR count). The number of rotatable bonds is 1. The van der Waals surface area contributed by atoms with E-state index in [2.05, 4.69) is 6.42 Å². The van der Waals surface area contributed by atoms with Gasteiger partial charge in [-0.1, -0.05) is 0 Å². The standard InChI is InChI=1S/C9H14NO2/c11-9(8-3-6-12-7-8)10-4-1-2-5-10/h1,8H,2-7H2. The van der Waals surface area contributed by atoms with Gasteiger partial charge >= 0.3 is 0 Å².